The molecule has 1 aliphatic carbocycles. The van der Waals surface area contributed by atoms with E-state index in [2.05, 4.69) is 19.2 Å². The van der Waals surface area contributed by atoms with Gasteiger partial charge in [0.25, 0.3) is 0 Å². The minimum absolute atomic E-state index is 0.0617. The second kappa shape index (κ2) is 6.67. The summed E-state index contributed by atoms with van der Waals surface area (Å²) < 4.78 is 0. The highest BCUT2D eigenvalue weighted by Crippen LogP contribution is 2.37. The zero-order chi connectivity index (χ0) is 15.5. The van der Waals surface area contributed by atoms with Gasteiger partial charge in [0.2, 0.25) is 0 Å². The Morgan fingerprint density at radius 3 is 2.43 bits per heavy atom. The van der Waals surface area contributed by atoms with Crippen LogP contribution in [0.15, 0.2) is 0 Å². The van der Waals surface area contributed by atoms with Crippen LogP contribution in [0.3, 0.4) is 0 Å². The van der Waals surface area contributed by atoms with Crippen LogP contribution in [0, 0.1) is 11.3 Å². The number of piperidine rings is 1. The predicted molar refractivity (Wildman–Crippen MR) is 81.1 cm³/mol. The number of hydrogen-bond donors (Lipinski definition) is 2. The van der Waals surface area contributed by atoms with Gasteiger partial charge in [0.15, 0.2) is 0 Å². The molecule has 0 spiro atoms. The van der Waals surface area contributed by atoms with Gasteiger partial charge in [-0.05, 0) is 43.4 Å². The molecule has 1 aliphatic heterocycles. The van der Waals surface area contributed by atoms with E-state index in [4.69, 9.17) is 5.11 Å². The van der Waals surface area contributed by atoms with Crippen LogP contribution >= 0.6 is 0 Å². The topological polar surface area (TPSA) is 69.6 Å². The zero-order valence-corrected chi connectivity index (χ0v) is 13.2. The number of urea groups is 1. The Kier molecular flexibility index (Phi) is 5.12. The SMILES string of the molecule is CC1(C)CCCC1NC(=O)N1CCC(CCC(=O)O)CC1. The molecule has 2 fully saturated rings. The van der Waals surface area contributed by atoms with Crippen LogP contribution in [-0.2, 0) is 4.79 Å². The normalized spacial score (nSPS) is 25.8. The second-order valence-corrected chi connectivity index (χ2v) is 7.25. The van der Waals surface area contributed by atoms with Crippen molar-refractivity contribution in [3.05, 3.63) is 0 Å². The lowest BCUT2D eigenvalue weighted by atomic mass is 9.87. The summed E-state index contributed by atoms with van der Waals surface area (Å²) in [6, 6.07) is 0.349. The molecule has 0 bridgehead atoms. The molecule has 2 rings (SSSR count). The standard InChI is InChI=1S/C16H28N2O3/c1-16(2)9-3-4-13(16)17-15(21)18-10-7-12(8-11-18)5-6-14(19)20/h12-13H,3-11H2,1-2H3,(H,17,21)(H,19,20). The van der Waals surface area contributed by atoms with E-state index >= 15 is 0 Å². The molecule has 1 saturated heterocycles. The lowest BCUT2D eigenvalue weighted by molar-refractivity contribution is -0.137. The Balaban J connectivity index is 1.74. The molecule has 2 amide bonds. The number of hydrogen-bond acceptors (Lipinski definition) is 2. The molecule has 2 aliphatic rings. The first-order valence-corrected chi connectivity index (χ1v) is 8.16. The van der Waals surface area contributed by atoms with E-state index in [1.807, 2.05) is 4.90 Å². The van der Waals surface area contributed by atoms with Crippen LogP contribution in [-0.4, -0.2) is 41.1 Å². The molecule has 5 heteroatoms. The third-order valence-corrected chi connectivity index (χ3v) is 5.22. The van der Waals surface area contributed by atoms with Crippen molar-refractivity contribution in [1.82, 2.24) is 10.2 Å². The van der Waals surface area contributed by atoms with Crippen LogP contribution < -0.4 is 5.32 Å². The van der Waals surface area contributed by atoms with Gasteiger partial charge >= 0.3 is 12.0 Å². The molecule has 2 N–H and O–H groups in total. The quantitative estimate of drug-likeness (QED) is 0.838. The number of nitrogens with one attached hydrogen (secondary N) is 1. The number of amides is 2. The maximum absolute atomic E-state index is 12.3. The number of carbonyl (C=O) groups is 2. The van der Waals surface area contributed by atoms with E-state index in [-0.39, 0.29) is 23.9 Å². The maximum Gasteiger partial charge on any atom is 0.317 e. The molecule has 120 valence electrons. The number of aliphatic carboxylic acids is 1. The first-order chi connectivity index (χ1) is 9.88. The fourth-order valence-corrected chi connectivity index (χ4v) is 3.59. The summed E-state index contributed by atoms with van der Waals surface area (Å²) in [6.07, 6.45) is 6.27. The first kappa shape index (κ1) is 16.1. The maximum atomic E-state index is 12.3. The molecular weight excluding hydrogens is 268 g/mol. The Labute approximate surface area is 127 Å². The minimum Gasteiger partial charge on any atom is -0.481 e. The number of likely N-dealkylation sites (tertiary alicyclic amines) is 1. The van der Waals surface area contributed by atoms with Gasteiger partial charge in [-0.1, -0.05) is 20.3 Å². The monoisotopic (exact) mass is 296 g/mol. The van der Waals surface area contributed by atoms with Gasteiger partial charge < -0.3 is 15.3 Å². The van der Waals surface area contributed by atoms with E-state index in [0.717, 1.165) is 38.8 Å². The van der Waals surface area contributed by atoms with E-state index in [0.29, 0.717) is 5.92 Å². The molecule has 1 unspecified atom stereocenters. The van der Waals surface area contributed by atoms with Gasteiger partial charge in [0, 0.05) is 25.6 Å². The summed E-state index contributed by atoms with van der Waals surface area (Å²) in [5, 5.41) is 11.9. The zero-order valence-electron chi connectivity index (χ0n) is 13.2. The third-order valence-electron chi connectivity index (χ3n) is 5.22. The Bertz CT molecular complexity index is 387. The van der Waals surface area contributed by atoms with Crippen LogP contribution in [0.5, 0.6) is 0 Å². The number of carboxylic acids is 1. The number of nitrogens with zero attached hydrogens (tertiary/aromatic N) is 1. The van der Waals surface area contributed by atoms with E-state index < -0.39 is 5.97 Å². The Morgan fingerprint density at radius 2 is 1.90 bits per heavy atom. The first-order valence-electron chi connectivity index (χ1n) is 8.16. The fourth-order valence-electron chi connectivity index (χ4n) is 3.59. The predicted octanol–water partition coefficient (Wildman–Crippen LogP) is 2.85. The molecule has 1 saturated carbocycles. The smallest absolute Gasteiger partial charge is 0.317 e. The van der Waals surface area contributed by atoms with E-state index in [1.165, 1.54) is 12.8 Å². The summed E-state index contributed by atoms with van der Waals surface area (Å²) in [5.41, 5.74) is 0.204. The van der Waals surface area contributed by atoms with Crippen molar-refractivity contribution >= 4 is 12.0 Å². The van der Waals surface area contributed by atoms with Crippen LogP contribution in [0.25, 0.3) is 0 Å². The van der Waals surface area contributed by atoms with Gasteiger partial charge in [-0.15, -0.1) is 0 Å². The summed E-state index contributed by atoms with van der Waals surface area (Å²) in [4.78, 5) is 24.8. The van der Waals surface area contributed by atoms with Crippen molar-refractivity contribution in [1.29, 1.82) is 0 Å². The van der Waals surface area contributed by atoms with Crippen LogP contribution in [0.4, 0.5) is 4.79 Å². The molecule has 0 aromatic rings. The van der Waals surface area contributed by atoms with Crippen molar-refractivity contribution in [2.75, 3.05) is 13.1 Å². The second-order valence-electron chi connectivity index (χ2n) is 7.25. The molecule has 0 radical (unpaired) electrons. The average Bonchev–Trinajstić information content (AvgIpc) is 2.76. The molecular formula is C16H28N2O3. The summed E-state index contributed by atoms with van der Waals surface area (Å²) >= 11 is 0. The van der Waals surface area contributed by atoms with Gasteiger partial charge in [-0.3, -0.25) is 4.79 Å². The van der Waals surface area contributed by atoms with Gasteiger partial charge in [0.05, 0.1) is 0 Å². The lowest BCUT2D eigenvalue weighted by Gasteiger charge is -2.35. The van der Waals surface area contributed by atoms with E-state index in [1.54, 1.807) is 0 Å². The average molecular weight is 296 g/mol. The van der Waals surface area contributed by atoms with Gasteiger partial charge in [0.1, 0.15) is 0 Å². The highest BCUT2D eigenvalue weighted by Gasteiger charge is 2.36. The summed E-state index contributed by atoms with van der Waals surface area (Å²) in [5.74, 6) is -0.272. The number of carbonyl (C=O) groups excluding carboxylic acids is 1. The molecule has 0 aromatic carbocycles. The molecule has 21 heavy (non-hydrogen) atoms. The third kappa shape index (κ3) is 4.35. The molecule has 0 aromatic heterocycles. The van der Waals surface area contributed by atoms with E-state index in [9.17, 15) is 9.59 Å². The highest BCUT2D eigenvalue weighted by molar-refractivity contribution is 5.74. The van der Waals surface area contributed by atoms with Crippen LogP contribution in [0.1, 0.15) is 58.8 Å². The molecule has 1 heterocycles. The van der Waals surface area contributed by atoms with Crippen molar-refractivity contribution in [2.45, 2.75) is 64.8 Å². The van der Waals surface area contributed by atoms with Crippen molar-refractivity contribution in [3.8, 4) is 0 Å². The van der Waals surface area contributed by atoms with Crippen molar-refractivity contribution < 1.29 is 14.7 Å². The molecule has 1 atom stereocenters. The number of rotatable bonds is 4. The van der Waals surface area contributed by atoms with Crippen molar-refractivity contribution in [2.24, 2.45) is 11.3 Å². The van der Waals surface area contributed by atoms with Crippen molar-refractivity contribution in [3.63, 3.8) is 0 Å². The molecule has 5 nitrogen and oxygen atoms in total. The summed E-state index contributed by atoms with van der Waals surface area (Å²) in [7, 11) is 0. The number of carboxylic acid groups (broad SMARTS) is 1. The fraction of sp³-hybridized carbons (Fsp3) is 0.875. The Morgan fingerprint density at radius 1 is 1.24 bits per heavy atom. The largest absolute Gasteiger partial charge is 0.481 e. The minimum atomic E-state index is -0.723. The lowest BCUT2D eigenvalue weighted by Crippen LogP contribution is -2.50. The van der Waals surface area contributed by atoms with Gasteiger partial charge in [-0.2, -0.15) is 0 Å². The Hall–Kier alpha value is -1.26. The van der Waals surface area contributed by atoms with Gasteiger partial charge in [-0.25, -0.2) is 4.79 Å². The summed E-state index contributed by atoms with van der Waals surface area (Å²) in [6.45, 7) is 5.96. The highest BCUT2D eigenvalue weighted by atomic mass is 16.4. The van der Waals surface area contributed by atoms with Crippen LogP contribution in [0.2, 0.25) is 0 Å².